The number of piperidine rings is 1. The molecule has 1 fully saturated rings. The van der Waals surface area contributed by atoms with Crippen LogP contribution in [0.1, 0.15) is 40.4 Å². The molecule has 4 heterocycles. The van der Waals surface area contributed by atoms with E-state index in [4.69, 9.17) is 8.94 Å². The van der Waals surface area contributed by atoms with Crippen LogP contribution >= 0.6 is 0 Å². The van der Waals surface area contributed by atoms with Gasteiger partial charge in [-0.25, -0.2) is 4.98 Å². The number of nitrogens with one attached hydrogen (secondary N) is 1. The summed E-state index contributed by atoms with van der Waals surface area (Å²) in [4.78, 5) is 33.0. The first-order chi connectivity index (χ1) is 16.4. The Kier molecular flexibility index (Phi) is 5.65. The van der Waals surface area contributed by atoms with Crippen LogP contribution in [-0.2, 0) is 4.79 Å². The van der Waals surface area contributed by atoms with E-state index >= 15 is 0 Å². The lowest BCUT2D eigenvalue weighted by molar-refractivity contribution is -0.121. The van der Waals surface area contributed by atoms with Gasteiger partial charge in [-0.2, -0.15) is 0 Å². The van der Waals surface area contributed by atoms with E-state index in [0.29, 0.717) is 41.1 Å². The van der Waals surface area contributed by atoms with Gasteiger partial charge in [-0.1, -0.05) is 23.4 Å². The minimum Gasteiger partial charge on any atom is -0.466 e. The zero-order valence-electron chi connectivity index (χ0n) is 19.4. The summed E-state index contributed by atoms with van der Waals surface area (Å²) in [7, 11) is 0. The number of aryl methyl sites for hydroxylation is 3. The molecule has 1 unspecified atom stereocenters. The molecule has 3 aromatic heterocycles. The Morgan fingerprint density at radius 3 is 2.65 bits per heavy atom. The van der Waals surface area contributed by atoms with Gasteiger partial charge in [0.15, 0.2) is 0 Å². The lowest BCUT2D eigenvalue weighted by Crippen LogP contribution is -2.43. The van der Waals surface area contributed by atoms with Crippen molar-refractivity contribution in [1.29, 1.82) is 0 Å². The monoisotopic (exact) mass is 458 g/mol. The lowest BCUT2D eigenvalue weighted by Gasteiger charge is -2.32. The third-order valence-corrected chi connectivity index (χ3v) is 6.29. The van der Waals surface area contributed by atoms with E-state index in [0.717, 1.165) is 35.6 Å². The molecule has 1 aliphatic heterocycles. The summed E-state index contributed by atoms with van der Waals surface area (Å²) in [6, 6.07) is 13.0. The van der Waals surface area contributed by atoms with Gasteiger partial charge in [-0.15, -0.1) is 0 Å². The summed E-state index contributed by atoms with van der Waals surface area (Å²) in [6.45, 7) is 6.46. The smallest absolute Gasteiger partial charge is 0.259 e. The van der Waals surface area contributed by atoms with Gasteiger partial charge in [0.1, 0.15) is 11.5 Å². The first-order valence-electron chi connectivity index (χ1n) is 11.4. The molecule has 1 atom stereocenters. The molecule has 174 valence electrons. The average molecular weight is 459 g/mol. The van der Waals surface area contributed by atoms with E-state index in [9.17, 15) is 9.59 Å². The van der Waals surface area contributed by atoms with Gasteiger partial charge in [-0.3, -0.25) is 9.59 Å². The molecule has 1 aromatic carbocycles. The number of likely N-dealkylation sites (tertiary alicyclic amines) is 1. The summed E-state index contributed by atoms with van der Waals surface area (Å²) in [5.74, 6) is 0.968. The highest BCUT2D eigenvalue weighted by Gasteiger charge is 2.31. The molecule has 8 nitrogen and oxygen atoms in total. The van der Waals surface area contributed by atoms with E-state index in [2.05, 4.69) is 15.5 Å². The predicted octanol–water partition coefficient (Wildman–Crippen LogP) is 4.90. The molecule has 34 heavy (non-hydrogen) atoms. The number of anilines is 1. The number of pyridine rings is 1. The maximum Gasteiger partial charge on any atom is 0.259 e. The maximum absolute atomic E-state index is 13.7. The largest absolute Gasteiger partial charge is 0.466 e. The first kappa shape index (κ1) is 21.9. The quantitative estimate of drug-likeness (QED) is 0.467. The molecule has 0 bridgehead atoms. The van der Waals surface area contributed by atoms with E-state index in [-0.39, 0.29) is 17.7 Å². The third-order valence-electron chi connectivity index (χ3n) is 6.29. The van der Waals surface area contributed by atoms with Crippen molar-refractivity contribution in [2.45, 2.75) is 33.6 Å². The Hall–Kier alpha value is -3.94. The Morgan fingerprint density at radius 2 is 1.91 bits per heavy atom. The molecule has 2 amide bonds. The van der Waals surface area contributed by atoms with Crippen LogP contribution < -0.4 is 5.32 Å². The molecule has 5 rings (SSSR count). The standard InChI is InChI=1S/C26H26N4O4/c1-15-12-20(17(3)33-15)22-13-21(23-16(2)29-34-25(23)28-22)26(32)30-11-7-8-18(14-30)24(31)27-19-9-5-4-6-10-19/h4-6,9-10,12-13,18H,7-8,11,14H2,1-3H3,(H,27,31). The zero-order chi connectivity index (χ0) is 23.8. The lowest BCUT2D eigenvalue weighted by atomic mass is 9.95. The number of nitrogens with zero attached hydrogens (tertiary/aromatic N) is 3. The van der Waals surface area contributed by atoms with Crippen LogP contribution in [0.25, 0.3) is 22.4 Å². The van der Waals surface area contributed by atoms with Gasteiger partial charge in [0.05, 0.1) is 28.3 Å². The van der Waals surface area contributed by atoms with Crippen LogP contribution in [0.15, 0.2) is 51.4 Å². The topological polar surface area (TPSA) is 101 Å². The number of amides is 2. The molecular weight excluding hydrogens is 432 g/mol. The molecule has 1 aliphatic rings. The van der Waals surface area contributed by atoms with Crippen molar-refractivity contribution in [2.75, 3.05) is 18.4 Å². The second-order valence-electron chi connectivity index (χ2n) is 8.78. The van der Waals surface area contributed by atoms with Gasteiger partial charge in [0, 0.05) is 24.3 Å². The minimum absolute atomic E-state index is 0.0741. The summed E-state index contributed by atoms with van der Waals surface area (Å²) < 4.78 is 11.1. The average Bonchev–Trinajstić information content (AvgIpc) is 3.39. The number of carbonyl (C=O) groups excluding carboxylic acids is 2. The van der Waals surface area contributed by atoms with Crippen LogP contribution in [0.5, 0.6) is 0 Å². The molecule has 1 N–H and O–H groups in total. The summed E-state index contributed by atoms with van der Waals surface area (Å²) in [6.07, 6.45) is 1.49. The van der Waals surface area contributed by atoms with E-state index in [1.54, 1.807) is 17.9 Å². The Bertz CT molecular complexity index is 1370. The third kappa shape index (κ3) is 4.07. The second kappa shape index (κ2) is 8.78. The van der Waals surface area contributed by atoms with Crippen LogP contribution in [0.4, 0.5) is 5.69 Å². The number of hydrogen-bond donors (Lipinski definition) is 1. The number of carbonyl (C=O) groups is 2. The number of para-hydroxylation sites is 1. The van der Waals surface area contributed by atoms with Crippen molar-refractivity contribution in [3.63, 3.8) is 0 Å². The highest BCUT2D eigenvalue weighted by Crippen LogP contribution is 2.32. The van der Waals surface area contributed by atoms with E-state index < -0.39 is 0 Å². The van der Waals surface area contributed by atoms with Gasteiger partial charge in [-0.05, 0) is 57.9 Å². The Labute approximate surface area is 196 Å². The number of hydrogen-bond acceptors (Lipinski definition) is 6. The van der Waals surface area contributed by atoms with Crippen LogP contribution in [0.3, 0.4) is 0 Å². The number of fused-ring (bicyclic) bond motifs is 1. The van der Waals surface area contributed by atoms with Crippen LogP contribution in [0.2, 0.25) is 0 Å². The Morgan fingerprint density at radius 1 is 1.12 bits per heavy atom. The summed E-state index contributed by atoms with van der Waals surface area (Å²) in [5, 5.41) is 7.60. The van der Waals surface area contributed by atoms with Crippen molar-refractivity contribution in [2.24, 2.45) is 5.92 Å². The predicted molar refractivity (Wildman–Crippen MR) is 127 cm³/mol. The Balaban J connectivity index is 1.45. The normalized spacial score (nSPS) is 16.1. The van der Waals surface area contributed by atoms with Crippen LogP contribution in [-0.4, -0.2) is 39.9 Å². The highest BCUT2D eigenvalue weighted by molar-refractivity contribution is 6.07. The number of furan rings is 1. The fourth-order valence-corrected chi connectivity index (χ4v) is 4.60. The van der Waals surface area contributed by atoms with Crippen LogP contribution in [0, 0.1) is 26.7 Å². The second-order valence-corrected chi connectivity index (χ2v) is 8.78. The number of aromatic nitrogens is 2. The number of benzene rings is 1. The molecule has 4 aromatic rings. The highest BCUT2D eigenvalue weighted by atomic mass is 16.5. The molecule has 0 saturated carbocycles. The molecular formula is C26H26N4O4. The molecule has 0 radical (unpaired) electrons. The summed E-state index contributed by atoms with van der Waals surface area (Å²) >= 11 is 0. The van der Waals surface area contributed by atoms with Gasteiger partial charge >= 0.3 is 0 Å². The van der Waals surface area contributed by atoms with Crippen molar-refractivity contribution in [3.8, 4) is 11.3 Å². The minimum atomic E-state index is -0.281. The zero-order valence-corrected chi connectivity index (χ0v) is 19.4. The molecule has 0 spiro atoms. The van der Waals surface area contributed by atoms with Crippen molar-refractivity contribution in [1.82, 2.24) is 15.0 Å². The maximum atomic E-state index is 13.7. The van der Waals surface area contributed by atoms with Gasteiger partial charge in [0.2, 0.25) is 5.91 Å². The van der Waals surface area contributed by atoms with Crippen molar-refractivity contribution in [3.05, 3.63) is 65.2 Å². The van der Waals surface area contributed by atoms with Crippen molar-refractivity contribution >= 4 is 28.6 Å². The molecule has 0 aliphatic carbocycles. The SMILES string of the molecule is Cc1cc(-c2cc(C(=O)N3CCCC(C(=O)Nc4ccccc4)C3)c3c(C)noc3n2)c(C)o1. The van der Waals surface area contributed by atoms with Crippen molar-refractivity contribution < 1.29 is 18.5 Å². The fourth-order valence-electron chi connectivity index (χ4n) is 4.60. The number of rotatable bonds is 4. The van der Waals surface area contributed by atoms with E-state index in [1.165, 1.54) is 0 Å². The first-order valence-corrected chi connectivity index (χ1v) is 11.4. The summed E-state index contributed by atoms with van der Waals surface area (Å²) in [5.41, 5.74) is 3.54. The molecule has 8 heteroatoms. The molecule has 1 saturated heterocycles. The van der Waals surface area contributed by atoms with Gasteiger partial charge in [0.25, 0.3) is 11.6 Å². The van der Waals surface area contributed by atoms with Gasteiger partial charge < -0.3 is 19.2 Å². The fraction of sp³-hybridized carbons (Fsp3) is 0.308. The van der Waals surface area contributed by atoms with E-state index in [1.807, 2.05) is 50.2 Å².